The molecule has 0 bridgehead atoms. The van der Waals surface area contributed by atoms with E-state index in [2.05, 4.69) is 31.4 Å². The van der Waals surface area contributed by atoms with E-state index in [1.54, 1.807) is 18.5 Å². The van der Waals surface area contributed by atoms with Gasteiger partial charge in [0.05, 0.1) is 6.54 Å². The Balaban J connectivity index is 2.06. The third kappa shape index (κ3) is 2.94. The molecule has 0 aliphatic carbocycles. The summed E-state index contributed by atoms with van der Waals surface area (Å²) in [6, 6.07) is 4.83. The van der Waals surface area contributed by atoms with Gasteiger partial charge in [0.2, 0.25) is 0 Å². The highest BCUT2D eigenvalue weighted by Crippen LogP contribution is 2.21. The molecule has 1 aromatic carbocycles. The molecule has 2 aromatic rings. The average Bonchev–Trinajstić information content (AvgIpc) is 2.75. The monoisotopic (exact) mass is 312 g/mol. The minimum absolute atomic E-state index is 0.0980. The molecule has 2 rings (SSSR count). The quantitative estimate of drug-likeness (QED) is 0.943. The highest BCUT2D eigenvalue weighted by atomic mass is 79.9. The molecule has 1 atom stereocenters. The van der Waals surface area contributed by atoms with Crippen molar-refractivity contribution >= 4 is 15.9 Å². The molecular weight excluding hydrogens is 299 g/mol. The van der Waals surface area contributed by atoms with E-state index < -0.39 is 0 Å². The lowest BCUT2D eigenvalue weighted by Crippen LogP contribution is -2.21. The molecule has 4 nitrogen and oxygen atoms in total. The van der Waals surface area contributed by atoms with Gasteiger partial charge < -0.3 is 9.88 Å². The molecule has 0 saturated carbocycles. The molecule has 0 spiro atoms. The zero-order chi connectivity index (χ0) is 13.1. The van der Waals surface area contributed by atoms with E-state index in [1.807, 2.05) is 18.5 Å². The first kappa shape index (κ1) is 13.2. The Hall–Kier alpha value is -1.27. The lowest BCUT2D eigenvalue weighted by Gasteiger charge is -2.15. The third-order valence-corrected chi connectivity index (χ3v) is 3.29. The molecule has 6 heteroatoms. The van der Waals surface area contributed by atoms with Gasteiger partial charge in [0.25, 0.3) is 0 Å². The van der Waals surface area contributed by atoms with E-state index in [-0.39, 0.29) is 11.9 Å². The van der Waals surface area contributed by atoms with Gasteiger partial charge in [-0.25, -0.2) is 4.39 Å². The van der Waals surface area contributed by atoms with Crippen molar-refractivity contribution in [3.8, 4) is 0 Å². The van der Waals surface area contributed by atoms with Crippen molar-refractivity contribution in [2.45, 2.75) is 19.5 Å². The van der Waals surface area contributed by atoms with Crippen LogP contribution in [0.2, 0.25) is 0 Å². The Morgan fingerprint density at radius 1 is 1.50 bits per heavy atom. The summed E-state index contributed by atoms with van der Waals surface area (Å²) in [7, 11) is 1.88. The van der Waals surface area contributed by atoms with Crippen LogP contribution in [0, 0.1) is 5.82 Å². The third-order valence-electron chi connectivity index (χ3n) is 2.80. The maximum Gasteiger partial charge on any atom is 0.146 e. The molecule has 0 unspecified atom stereocenters. The lowest BCUT2D eigenvalue weighted by atomic mass is 10.1. The first-order valence-electron chi connectivity index (χ1n) is 5.59. The van der Waals surface area contributed by atoms with Crippen LogP contribution in [0.4, 0.5) is 4.39 Å². The molecule has 0 saturated heterocycles. The van der Waals surface area contributed by atoms with Crippen LogP contribution in [0.15, 0.2) is 29.0 Å². The van der Waals surface area contributed by atoms with Gasteiger partial charge in [-0.1, -0.05) is 15.9 Å². The summed E-state index contributed by atoms with van der Waals surface area (Å²) >= 11 is 3.35. The van der Waals surface area contributed by atoms with Crippen molar-refractivity contribution in [2.24, 2.45) is 7.05 Å². The number of hydrogen-bond acceptors (Lipinski definition) is 3. The largest absolute Gasteiger partial charge is 0.320 e. The molecular formula is C12H14BrFN4. The normalized spacial score (nSPS) is 12.7. The number of aromatic nitrogens is 3. The standard InChI is InChI=1S/C12H14BrFN4/c1-8(10-5-9(13)3-4-11(10)14)15-6-12-17-16-7-18(12)2/h3-5,7-8,15H,6H2,1-2H3/t8-/m1/s1. The van der Waals surface area contributed by atoms with Gasteiger partial charge in [-0.05, 0) is 25.1 Å². The predicted octanol–water partition coefficient (Wildman–Crippen LogP) is 2.57. The molecule has 1 aromatic heterocycles. The molecule has 0 radical (unpaired) electrons. The summed E-state index contributed by atoms with van der Waals surface area (Å²) in [5, 5.41) is 11.0. The summed E-state index contributed by atoms with van der Waals surface area (Å²) in [5.74, 6) is 0.605. The smallest absolute Gasteiger partial charge is 0.146 e. The number of nitrogens with one attached hydrogen (secondary N) is 1. The van der Waals surface area contributed by atoms with Crippen LogP contribution >= 0.6 is 15.9 Å². The van der Waals surface area contributed by atoms with Gasteiger partial charge in [-0.3, -0.25) is 0 Å². The van der Waals surface area contributed by atoms with Crippen molar-refractivity contribution in [1.29, 1.82) is 0 Å². The highest BCUT2D eigenvalue weighted by Gasteiger charge is 2.12. The van der Waals surface area contributed by atoms with Crippen molar-refractivity contribution < 1.29 is 4.39 Å². The topological polar surface area (TPSA) is 42.7 Å². The number of hydrogen-bond donors (Lipinski definition) is 1. The Labute approximate surface area is 113 Å². The van der Waals surface area contributed by atoms with E-state index in [0.29, 0.717) is 12.1 Å². The lowest BCUT2D eigenvalue weighted by molar-refractivity contribution is 0.514. The highest BCUT2D eigenvalue weighted by molar-refractivity contribution is 9.10. The van der Waals surface area contributed by atoms with Crippen LogP contribution in [0.5, 0.6) is 0 Å². The first-order valence-corrected chi connectivity index (χ1v) is 6.38. The van der Waals surface area contributed by atoms with Crippen LogP contribution < -0.4 is 5.32 Å². The number of benzene rings is 1. The summed E-state index contributed by atoms with van der Waals surface area (Å²) < 4.78 is 16.4. The fraction of sp³-hybridized carbons (Fsp3) is 0.333. The van der Waals surface area contributed by atoms with Gasteiger partial charge >= 0.3 is 0 Å². The van der Waals surface area contributed by atoms with E-state index in [1.165, 1.54) is 6.07 Å². The van der Waals surface area contributed by atoms with Crippen molar-refractivity contribution in [3.63, 3.8) is 0 Å². The molecule has 0 aliphatic rings. The minimum Gasteiger partial charge on any atom is -0.320 e. The number of halogens is 2. The molecule has 1 N–H and O–H groups in total. The molecule has 1 heterocycles. The molecule has 18 heavy (non-hydrogen) atoms. The summed E-state index contributed by atoms with van der Waals surface area (Å²) in [5.41, 5.74) is 0.631. The SMILES string of the molecule is C[C@@H](NCc1nncn1C)c1cc(Br)ccc1F. The fourth-order valence-corrected chi connectivity index (χ4v) is 2.05. The van der Waals surface area contributed by atoms with Crippen LogP contribution in [-0.2, 0) is 13.6 Å². The minimum atomic E-state index is -0.212. The van der Waals surface area contributed by atoms with Gasteiger partial charge in [-0.15, -0.1) is 10.2 Å². The van der Waals surface area contributed by atoms with Crippen LogP contribution in [-0.4, -0.2) is 14.8 Å². The second-order valence-corrected chi connectivity index (χ2v) is 5.04. The van der Waals surface area contributed by atoms with Gasteiger partial charge in [0.15, 0.2) is 0 Å². The summed E-state index contributed by atoms with van der Waals surface area (Å²) in [6.07, 6.45) is 1.64. The zero-order valence-corrected chi connectivity index (χ0v) is 11.8. The molecule has 96 valence electrons. The maximum absolute atomic E-state index is 13.7. The fourth-order valence-electron chi connectivity index (χ4n) is 1.67. The Kier molecular flexibility index (Phi) is 4.08. The van der Waals surface area contributed by atoms with Crippen LogP contribution in [0.3, 0.4) is 0 Å². The second-order valence-electron chi connectivity index (χ2n) is 4.13. The number of aryl methyl sites for hydroxylation is 1. The molecule has 0 fully saturated rings. The first-order chi connectivity index (χ1) is 8.58. The molecule has 0 aliphatic heterocycles. The summed E-state index contributed by atoms with van der Waals surface area (Å²) in [4.78, 5) is 0. The van der Waals surface area contributed by atoms with Gasteiger partial charge in [-0.2, -0.15) is 0 Å². The Bertz CT molecular complexity index is 541. The Morgan fingerprint density at radius 2 is 2.28 bits per heavy atom. The average molecular weight is 313 g/mol. The van der Waals surface area contributed by atoms with Crippen molar-refractivity contribution in [1.82, 2.24) is 20.1 Å². The number of rotatable bonds is 4. The molecule has 0 amide bonds. The van der Waals surface area contributed by atoms with Crippen molar-refractivity contribution in [2.75, 3.05) is 0 Å². The number of nitrogens with zero attached hydrogens (tertiary/aromatic N) is 3. The summed E-state index contributed by atoms with van der Waals surface area (Å²) in [6.45, 7) is 2.46. The van der Waals surface area contributed by atoms with Crippen molar-refractivity contribution in [3.05, 3.63) is 46.2 Å². The Morgan fingerprint density at radius 3 is 2.94 bits per heavy atom. The van der Waals surface area contributed by atoms with Crippen LogP contribution in [0.25, 0.3) is 0 Å². The van der Waals surface area contributed by atoms with Gasteiger partial charge in [0.1, 0.15) is 18.0 Å². The van der Waals surface area contributed by atoms with Crippen LogP contribution in [0.1, 0.15) is 24.4 Å². The van der Waals surface area contributed by atoms with E-state index in [9.17, 15) is 4.39 Å². The maximum atomic E-state index is 13.7. The zero-order valence-electron chi connectivity index (χ0n) is 10.2. The second kappa shape index (κ2) is 5.58. The van der Waals surface area contributed by atoms with Gasteiger partial charge in [0, 0.05) is 23.1 Å². The van der Waals surface area contributed by atoms with E-state index in [4.69, 9.17) is 0 Å². The predicted molar refractivity (Wildman–Crippen MR) is 70.4 cm³/mol. The van der Waals surface area contributed by atoms with E-state index in [0.717, 1.165) is 10.3 Å². The van der Waals surface area contributed by atoms with E-state index >= 15 is 0 Å².